The zero-order chi connectivity index (χ0) is 18.3. The average molecular weight is 352 g/mol. The summed E-state index contributed by atoms with van der Waals surface area (Å²) in [6, 6.07) is 8.38. The smallest absolute Gasteiger partial charge is 0.257 e. The number of para-hydroxylation sites is 1. The van der Waals surface area contributed by atoms with Gasteiger partial charge in [0, 0.05) is 44.8 Å². The third-order valence-corrected chi connectivity index (χ3v) is 5.37. The molecule has 138 valence electrons. The van der Waals surface area contributed by atoms with Crippen molar-refractivity contribution in [1.82, 2.24) is 14.7 Å². The van der Waals surface area contributed by atoms with Crippen molar-refractivity contribution in [3.63, 3.8) is 0 Å². The fourth-order valence-corrected chi connectivity index (χ4v) is 3.87. The predicted molar refractivity (Wildman–Crippen MR) is 103 cm³/mol. The molecule has 5 heteroatoms. The van der Waals surface area contributed by atoms with E-state index in [-0.39, 0.29) is 5.91 Å². The molecule has 1 fully saturated rings. The minimum absolute atomic E-state index is 0.131. The van der Waals surface area contributed by atoms with Crippen molar-refractivity contribution in [2.45, 2.75) is 45.7 Å². The van der Waals surface area contributed by atoms with Gasteiger partial charge in [-0.15, -0.1) is 0 Å². The fourth-order valence-electron chi connectivity index (χ4n) is 3.87. The number of nitrogens with zero attached hydrogens (tertiary/aromatic N) is 4. The molecule has 0 saturated heterocycles. The van der Waals surface area contributed by atoms with Crippen LogP contribution in [-0.2, 0) is 13.1 Å². The largest absolute Gasteiger partial charge is 0.373 e. The fraction of sp³-hybridized carbons (Fsp3) is 0.524. The second-order valence-electron chi connectivity index (χ2n) is 8.07. The molecule has 0 N–H and O–H groups in total. The molecule has 1 aromatic heterocycles. The molecular weight excluding hydrogens is 324 g/mol. The summed E-state index contributed by atoms with van der Waals surface area (Å²) in [5.74, 6) is 1.17. The Labute approximate surface area is 155 Å². The van der Waals surface area contributed by atoms with Crippen LogP contribution in [0.4, 0.5) is 5.69 Å². The number of rotatable bonds is 4. The number of anilines is 1. The average Bonchev–Trinajstić information content (AvgIpc) is 3.40. The van der Waals surface area contributed by atoms with Gasteiger partial charge in [0.05, 0.1) is 17.5 Å². The van der Waals surface area contributed by atoms with Crippen molar-refractivity contribution in [3.8, 4) is 0 Å². The number of benzene rings is 1. The molecule has 1 amide bonds. The van der Waals surface area contributed by atoms with E-state index in [9.17, 15) is 4.79 Å². The van der Waals surface area contributed by atoms with Crippen LogP contribution in [0.5, 0.6) is 0 Å². The molecule has 2 aromatic rings. The summed E-state index contributed by atoms with van der Waals surface area (Å²) in [6.45, 7) is 7.53. The maximum Gasteiger partial charge on any atom is 0.257 e. The van der Waals surface area contributed by atoms with Crippen LogP contribution in [0, 0.1) is 5.92 Å². The summed E-state index contributed by atoms with van der Waals surface area (Å²) >= 11 is 0. The maximum absolute atomic E-state index is 13.4. The van der Waals surface area contributed by atoms with Gasteiger partial charge in [0.2, 0.25) is 0 Å². The lowest BCUT2D eigenvalue weighted by molar-refractivity contribution is 0.0750. The van der Waals surface area contributed by atoms with Crippen molar-refractivity contribution in [2.75, 3.05) is 25.0 Å². The molecule has 5 nitrogen and oxygen atoms in total. The summed E-state index contributed by atoms with van der Waals surface area (Å²) < 4.78 is 2.08. The highest BCUT2D eigenvalue weighted by atomic mass is 16.2. The van der Waals surface area contributed by atoms with Crippen LogP contribution in [0.15, 0.2) is 30.5 Å². The first-order valence-corrected chi connectivity index (χ1v) is 9.68. The second kappa shape index (κ2) is 6.78. The number of aromatic nitrogens is 2. The number of carbonyl (C=O) groups excluding carboxylic acids is 1. The van der Waals surface area contributed by atoms with Gasteiger partial charge in [0.25, 0.3) is 5.91 Å². The van der Waals surface area contributed by atoms with E-state index in [4.69, 9.17) is 0 Å². The Hall–Kier alpha value is -2.30. The summed E-state index contributed by atoms with van der Waals surface area (Å²) in [5, 5.41) is 4.57. The molecule has 2 aliphatic rings. The normalized spacial score (nSPS) is 17.4. The lowest BCUT2D eigenvalue weighted by atomic mass is 10.1. The van der Waals surface area contributed by atoms with Gasteiger partial charge >= 0.3 is 0 Å². The molecule has 1 aromatic carbocycles. The van der Waals surface area contributed by atoms with Gasteiger partial charge in [-0.25, -0.2) is 0 Å². The zero-order valence-corrected chi connectivity index (χ0v) is 16.0. The summed E-state index contributed by atoms with van der Waals surface area (Å²) in [6.07, 6.45) is 4.16. The van der Waals surface area contributed by atoms with Gasteiger partial charge in [-0.05, 0) is 30.4 Å². The quantitative estimate of drug-likeness (QED) is 0.845. The minimum atomic E-state index is 0.131. The topological polar surface area (TPSA) is 41.4 Å². The number of hydrogen-bond donors (Lipinski definition) is 0. The van der Waals surface area contributed by atoms with E-state index in [0.29, 0.717) is 18.4 Å². The van der Waals surface area contributed by atoms with Crippen molar-refractivity contribution >= 4 is 11.6 Å². The molecule has 4 rings (SSSR count). The standard InChI is InChI=1S/C21H28N4O/c1-15(2)13-25-20(16-8-9-16)18(12-22-25)21(26)24-11-10-23(3)19-7-5-4-6-17(19)14-24/h4-7,12,15-16H,8-11,13-14H2,1-3H3. The number of amides is 1. The molecule has 0 spiro atoms. The Morgan fingerprint density at radius 2 is 2.00 bits per heavy atom. The molecule has 1 saturated carbocycles. The van der Waals surface area contributed by atoms with Crippen LogP contribution in [0.3, 0.4) is 0 Å². The maximum atomic E-state index is 13.4. The van der Waals surface area contributed by atoms with E-state index in [1.165, 1.54) is 24.1 Å². The Morgan fingerprint density at radius 1 is 1.23 bits per heavy atom. The third kappa shape index (κ3) is 3.22. The Kier molecular flexibility index (Phi) is 4.47. The highest BCUT2D eigenvalue weighted by molar-refractivity contribution is 5.95. The van der Waals surface area contributed by atoms with Crippen molar-refractivity contribution < 1.29 is 4.79 Å². The third-order valence-electron chi connectivity index (χ3n) is 5.37. The molecule has 0 bridgehead atoms. The van der Waals surface area contributed by atoms with Crippen molar-refractivity contribution in [3.05, 3.63) is 47.3 Å². The minimum Gasteiger partial charge on any atom is -0.373 e. The SMILES string of the molecule is CC(C)Cn1ncc(C(=O)N2CCN(C)c3ccccc3C2)c1C1CC1. The number of likely N-dealkylation sites (N-methyl/N-ethyl adjacent to an activating group) is 1. The van der Waals surface area contributed by atoms with Crippen LogP contribution < -0.4 is 4.90 Å². The number of hydrogen-bond acceptors (Lipinski definition) is 3. The van der Waals surface area contributed by atoms with Crippen LogP contribution in [0.2, 0.25) is 0 Å². The Morgan fingerprint density at radius 3 is 2.73 bits per heavy atom. The van der Waals surface area contributed by atoms with Crippen LogP contribution >= 0.6 is 0 Å². The van der Waals surface area contributed by atoms with Gasteiger partial charge in [-0.2, -0.15) is 5.10 Å². The highest BCUT2D eigenvalue weighted by Crippen LogP contribution is 2.42. The molecular formula is C21H28N4O. The van der Waals surface area contributed by atoms with E-state index in [1.807, 2.05) is 4.90 Å². The molecule has 0 atom stereocenters. The lowest BCUT2D eigenvalue weighted by Crippen LogP contribution is -2.34. The second-order valence-corrected chi connectivity index (χ2v) is 8.07. The van der Waals surface area contributed by atoms with Crippen molar-refractivity contribution in [2.24, 2.45) is 5.92 Å². The molecule has 1 aliphatic heterocycles. The van der Waals surface area contributed by atoms with Crippen LogP contribution in [0.1, 0.15) is 54.2 Å². The molecule has 0 unspecified atom stereocenters. The summed E-state index contributed by atoms with van der Waals surface area (Å²) in [7, 11) is 2.10. The molecule has 0 radical (unpaired) electrons. The van der Waals surface area contributed by atoms with Crippen LogP contribution in [0.25, 0.3) is 0 Å². The van der Waals surface area contributed by atoms with E-state index in [2.05, 4.69) is 59.8 Å². The van der Waals surface area contributed by atoms with E-state index in [1.54, 1.807) is 6.20 Å². The lowest BCUT2D eigenvalue weighted by Gasteiger charge is -2.21. The summed E-state index contributed by atoms with van der Waals surface area (Å²) in [5.41, 5.74) is 4.41. The van der Waals surface area contributed by atoms with Gasteiger partial charge in [-0.3, -0.25) is 9.48 Å². The van der Waals surface area contributed by atoms with Gasteiger partial charge in [-0.1, -0.05) is 32.0 Å². The van der Waals surface area contributed by atoms with E-state index in [0.717, 1.165) is 30.9 Å². The van der Waals surface area contributed by atoms with E-state index < -0.39 is 0 Å². The Bertz CT molecular complexity index is 806. The van der Waals surface area contributed by atoms with Gasteiger partial charge in [0.1, 0.15) is 0 Å². The zero-order valence-electron chi connectivity index (χ0n) is 16.0. The van der Waals surface area contributed by atoms with Crippen LogP contribution in [-0.4, -0.2) is 40.7 Å². The van der Waals surface area contributed by atoms with E-state index >= 15 is 0 Å². The van der Waals surface area contributed by atoms with Crippen molar-refractivity contribution in [1.29, 1.82) is 0 Å². The first-order chi connectivity index (χ1) is 12.5. The van der Waals surface area contributed by atoms with Gasteiger partial charge < -0.3 is 9.80 Å². The number of carbonyl (C=O) groups is 1. The Balaban J connectivity index is 1.63. The molecule has 26 heavy (non-hydrogen) atoms. The predicted octanol–water partition coefficient (Wildman–Crippen LogP) is 3.51. The summed E-state index contributed by atoms with van der Waals surface area (Å²) in [4.78, 5) is 17.6. The highest BCUT2D eigenvalue weighted by Gasteiger charge is 2.34. The molecule has 1 aliphatic carbocycles. The van der Waals surface area contributed by atoms with Gasteiger partial charge in [0.15, 0.2) is 0 Å². The first-order valence-electron chi connectivity index (χ1n) is 9.68. The number of fused-ring (bicyclic) bond motifs is 1. The first kappa shape index (κ1) is 17.1. The molecule has 2 heterocycles. The monoisotopic (exact) mass is 352 g/mol.